The van der Waals surface area contributed by atoms with Crippen molar-refractivity contribution in [3.05, 3.63) is 18.0 Å². The van der Waals surface area contributed by atoms with Crippen LogP contribution in [0.3, 0.4) is 0 Å². The molecule has 1 fully saturated rings. The number of carbonyl (C=O) groups excluding carboxylic acids is 2. The number of aryl methyl sites for hydroxylation is 1. The van der Waals surface area contributed by atoms with E-state index in [0.717, 1.165) is 19.4 Å². The molecule has 1 aromatic rings. The lowest BCUT2D eigenvalue weighted by Gasteiger charge is -2.39. The van der Waals surface area contributed by atoms with Gasteiger partial charge in [-0.25, -0.2) is 5.01 Å². The summed E-state index contributed by atoms with van der Waals surface area (Å²) in [5.41, 5.74) is 1.60. The van der Waals surface area contributed by atoms with Crippen LogP contribution in [0.1, 0.15) is 37.4 Å². The van der Waals surface area contributed by atoms with Crippen molar-refractivity contribution in [1.82, 2.24) is 25.0 Å². The molecule has 8 heteroatoms. The van der Waals surface area contributed by atoms with Crippen LogP contribution >= 0.6 is 0 Å². The van der Waals surface area contributed by atoms with Crippen LogP contribution in [0.5, 0.6) is 0 Å². The predicted molar refractivity (Wildman–Crippen MR) is 93.8 cm³/mol. The number of amides is 2. The Labute approximate surface area is 147 Å². The Hall–Kier alpha value is -2.22. The number of hydrogen-bond acceptors (Lipinski definition) is 5. The minimum absolute atomic E-state index is 0.0540. The fourth-order valence-corrected chi connectivity index (χ4v) is 3.77. The molecule has 2 amide bonds. The first-order valence-electron chi connectivity index (χ1n) is 8.77. The molecule has 1 saturated heterocycles. The van der Waals surface area contributed by atoms with Crippen LogP contribution in [0.2, 0.25) is 0 Å². The van der Waals surface area contributed by atoms with Gasteiger partial charge in [-0.3, -0.25) is 19.2 Å². The molecule has 1 N–H and O–H groups in total. The fraction of sp³-hybridized carbons (Fsp3) is 0.647. The van der Waals surface area contributed by atoms with Gasteiger partial charge in [0.15, 0.2) is 0 Å². The van der Waals surface area contributed by atoms with Crippen LogP contribution < -0.4 is 5.32 Å². The van der Waals surface area contributed by atoms with Crippen LogP contribution in [-0.4, -0.2) is 64.4 Å². The Morgan fingerprint density at radius 1 is 1.32 bits per heavy atom. The summed E-state index contributed by atoms with van der Waals surface area (Å²) >= 11 is 0. The van der Waals surface area contributed by atoms with Gasteiger partial charge in [0.05, 0.1) is 11.7 Å². The Bertz CT molecular complexity index is 682. The smallest absolute Gasteiger partial charge is 0.267 e. The topological polar surface area (TPSA) is 82.8 Å². The first-order valence-corrected chi connectivity index (χ1v) is 8.77. The van der Waals surface area contributed by atoms with Crippen molar-refractivity contribution in [3.8, 4) is 0 Å². The van der Waals surface area contributed by atoms with Gasteiger partial charge in [0.1, 0.15) is 5.71 Å². The average Bonchev–Trinajstić information content (AvgIpc) is 3.00. The van der Waals surface area contributed by atoms with Gasteiger partial charge in [-0.15, -0.1) is 0 Å². The molecule has 2 aliphatic rings. The van der Waals surface area contributed by atoms with Crippen molar-refractivity contribution >= 4 is 17.5 Å². The van der Waals surface area contributed by atoms with E-state index in [0.29, 0.717) is 31.0 Å². The number of likely N-dealkylation sites (tertiary alicyclic amines) is 1. The molecule has 2 atom stereocenters. The van der Waals surface area contributed by atoms with Gasteiger partial charge >= 0.3 is 0 Å². The summed E-state index contributed by atoms with van der Waals surface area (Å²) in [5.74, 6) is 0.0970. The van der Waals surface area contributed by atoms with E-state index in [1.807, 2.05) is 24.0 Å². The molecule has 136 valence electrons. The minimum Gasteiger partial charge on any atom is -0.351 e. The van der Waals surface area contributed by atoms with E-state index in [4.69, 9.17) is 0 Å². The Balaban J connectivity index is 1.66. The maximum Gasteiger partial charge on any atom is 0.267 e. The first kappa shape index (κ1) is 17.6. The van der Waals surface area contributed by atoms with E-state index >= 15 is 0 Å². The predicted octanol–water partition coefficient (Wildman–Crippen LogP) is 0.527. The van der Waals surface area contributed by atoms with Gasteiger partial charge in [0, 0.05) is 39.7 Å². The molecule has 0 aliphatic carbocycles. The molecule has 8 nitrogen and oxygen atoms in total. The second-order valence-corrected chi connectivity index (χ2v) is 6.88. The quantitative estimate of drug-likeness (QED) is 0.862. The monoisotopic (exact) mass is 346 g/mol. The number of nitrogens with zero attached hydrogens (tertiary/aromatic N) is 5. The second-order valence-electron chi connectivity index (χ2n) is 6.88. The highest BCUT2D eigenvalue weighted by Crippen LogP contribution is 2.34. The lowest BCUT2D eigenvalue weighted by Crippen LogP contribution is -2.44. The largest absolute Gasteiger partial charge is 0.351 e. The zero-order valence-corrected chi connectivity index (χ0v) is 15.1. The van der Waals surface area contributed by atoms with Crippen LogP contribution in [0, 0.1) is 5.92 Å². The lowest BCUT2D eigenvalue weighted by molar-refractivity contribution is -0.130. The minimum atomic E-state index is -0.170. The summed E-state index contributed by atoms with van der Waals surface area (Å²) in [6.45, 7) is 1.63. The number of aromatic nitrogens is 2. The summed E-state index contributed by atoms with van der Waals surface area (Å²) in [6.07, 6.45) is 4.74. The highest BCUT2D eigenvalue weighted by atomic mass is 16.2. The van der Waals surface area contributed by atoms with Gasteiger partial charge < -0.3 is 5.32 Å². The van der Waals surface area contributed by atoms with Gasteiger partial charge in [0.25, 0.3) is 5.91 Å². The van der Waals surface area contributed by atoms with E-state index in [-0.39, 0.29) is 17.9 Å². The molecule has 0 spiro atoms. The molecule has 0 aromatic carbocycles. The maximum absolute atomic E-state index is 12.4. The average molecular weight is 346 g/mol. The van der Waals surface area contributed by atoms with E-state index in [1.165, 1.54) is 10.7 Å². The number of nitrogens with one attached hydrogen (secondary N) is 1. The van der Waals surface area contributed by atoms with Crippen molar-refractivity contribution in [3.63, 3.8) is 0 Å². The summed E-state index contributed by atoms with van der Waals surface area (Å²) in [6, 6.07) is 2.28. The van der Waals surface area contributed by atoms with Crippen LogP contribution in [0.4, 0.5) is 0 Å². The Morgan fingerprint density at radius 2 is 2.12 bits per heavy atom. The Kier molecular flexibility index (Phi) is 5.17. The molecule has 0 radical (unpaired) electrons. The molecule has 0 unspecified atom stereocenters. The summed E-state index contributed by atoms with van der Waals surface area (Å²) < 4.78 is 1.91. The van der Waals surface area contributed by atoms with Gasteiger partial charge in [-0.1, -0.05) is 0 Å². The van der Waals surface area contributed by atoms with Crippen molar-refractivity contribution < 1.29 is 9.59 Å². The molecule has 3 rings (SSSR count). The molecule has 2 aliphatic heterocycles. The standard InChI is InChI=1S/C17H26N6O2/c1-21-10-4-5-12(16(21)14-8-9-19-22(14)2)11-18-17(25)13-6-7-15(24)23(3)20-13/h8-9,12,16H,4-7,10-11H2,1-3H3,(H,18,25)/t12-,16+/m0/s1. The van der Waals surface area contributed by atoms with E-state index in [1.54, 1.807) is 7.05 Å². The van der Waals surface area contributed by atoms with E-state index in [2.05, 4.69) is 27.5 Å². The zero-order valence-electron chi connectivity index (χ0n) is 15.1. The van der Waals surface area contributed by atoms with Gasteiger partial charge in [-0.2, -0.15) is 10.2 Å². The third kappa shape index (κ3) is 3.73. The zero-order chi connectivity index (χ0) is 18.0. The van der Waals surface area contributed by atoms with Crippen LogP contribution in [-0.2, 0) is 16.6 Å². The SMILES string of the molecule is CN1N=C(C(=O)NC[C@@H]2CCCN(C)[C@H]2c2ccnn2C)CCC1=O. The highest BCUT2D eigenvalue weighted by molar-refractivity contribution is 6.39. The number of piperidine rings is 1. The Morgan fingerprint density at radius 3 is 2.80 bits per heavy atom. The first-order chi connectivity index (χ1) is 12.0. The van der Waals surface area contributed by atoms with Crippen molar-refractivity contribution in [2.45, 2.75) is 31.7 Å². The van der Waals surface area contributed by atoms with Gasteiger partial charge in [0.2, 0.25) is 5.91 Å². The normalized spacial score (nSPS) is 25.0. The molecular weight excluding hydrogens is 320 g/mol. The number of hydrazone groups is 1. The molecule has 25 heavy (non-hydrogen) atoms. The van der Waals surface area contributed by atoms with Crippen molar-refractivity contribution in [1.29, 1.82) is 0 Å². The fourth-order valence-electron chi connectivity index (χ4n) is 3.77. The third-order valence-electron chi connectivity index (χ3n) is 5.16. The summed E-state index contributed by atoms with van der Waals surface area (Å²) in [4.78, 5) is 26.2. The molecule has 1 aromatic heterocycles. The maximum atomic E-state index is 12.4. The van der Waals surface area contributed by atoms with E-state index < -0.39 is 0 Å². The van der Waals surface area contributed by atoms with Crippen molar-refractivity contribution in [2.24, 2.45) is 18.1 Å². The number of hydrogen-bond donors (Lipinski definition) is 1. The molecular formula is C17H26N6O2. The van der Waals surface area contributed by atoms with Crippen molar-refractivity contribution in [2.75, 3.05) is 27.2 Å². The van der Waals surface area contributed by atoms with Crippen LogP contribution in [0.15, 0.2) is 17.4 Å². The van der Waals surface area contributed by atoms with E-state index in [9.17, 15) is 9.59 Å². The molecule has 0 saturated carbocycles. The summed E-state index contributed by atoms with van der Waals surface area (Å²) in [7, 11) is 5.66. The number of carbonyl (C=O) groups is 2. The van der Waals surface area contributed by atoms with Crippen LogP contribution in [0.25, 0.3) is 0 Å². The lowest BCUT2D eigenvalue weighted by atomic mass is 9.87. The summed E-state index contributed by atoms with van der Waals surface area (Å²) in [5, 5.41) is 12.7. The third-order valence-corrected chi connectivity index (χ3v) is 5.16. The molecule has 0 bridgehead atoms. The molecule has 3 heterocycles. The highest BCUT2D eigenvalue weighted by Gasteiger charge is 2.33. The van der Waals surface area contributed by atoms with Gasteiger partial charge in [-0.05, 0) is 38.4 Å². The number of rotatable bonds is 4. The second kappa shape index (κ2) is 7.35.